The van der Waals surface area contributed by atoms with Gasteiger partial charge in [0.15, 0.2) is 16.1 Å². The topological polar surface area (TPSA) is 111 Å². The number of rotatable bonds is 7. The number of benzene rings is 1. The quantitative estimate of drug-likeness (QED) is 0.483. The summed E-state index contributed by atoms with van der Waals surface area (Å²) in [5.41, 5.74) is 2.84. The molecule has 1 aromatic carbocycles. The molecule has 2 aromatic rings. The van der Waals surface area contributed by atoms with E-state index < -0.39 is 26.8 Å². The zero-order valence-electron chi connectivity index (χ0n) is 19.9. The largest absolute Gasteiger partial charge is 0.497 e. The predicted octanol–water partition coefficient (Wildman–Crippen LogP) is 3.64. The summed E-state index contributed by atoms with van der Waals surface area (Å²) in [5, 5.41) is 0. The molecule has 12 heteroatoms. The van der Waals surface area contributed by atoms with Crippen molar-refractivity contribution >= 4 is 48.9 Å². The second-order valence-corrected chi connectivity index (χ2v) is 13.7. The van der Waals surface area contributed by atoms with Gasteiger partial charge in [0.2, 0.25) is 5.91 Å². The maximum atomic E-state index is 13.8. The third-order valence-electron chi connectivity index (χ3n) is 6.55. The maximum Gasteiger partial charge on any atom is 0.253 e. The third kappa shape index (κ3) is 5.94. The minimum absolute atomic E-state index is 0.0372. The molecule has 1 aromatic heterocycles. The lowest BCUT2D eigenvalue weighted by Crippen LogP contribution is -2.43. The molecule has 0 spiro atoms. The Hall–Kier alpha value is -1.99. The van der Waals surface area contributed by atoms with Crippen molar-refractivity contribution in [3.63, 3.8) is 0 Å². The number of halogens is 1. The van der Waals surface area contributed by atoms with Crippen LogP contribution < -0.4 is 10.2 Å². The molecule has 1 N–H and O–H groups in total. The molecule has 2 fully saturated rings. The lowest BCUT2D eigenvalue weighted by Gasteiger charge is -2.31. The van der Waals surface area contributed by atoms with Gasteiger partial charge < -0.3 is 14.4 Å². The van der Waals surface area contributed by atoms with E-state index in [0.29, 0.717) is 29.2 Å². The van der Waals surface area contributed by atoms with Crippen LogP contribution in [0, 0.1) is 0 Å². The van der Waals surface area contributed by atoms with Gasteiger partial charge in [-0.15, -0.1) is 11.3 Å². The minimum atomic E-state index is -3.83. The number of ether oxygens (including phenoxy) is 2. The zero-order valence-corrected chi connectivity index (χ0v) is 23.1. The highest BCUT2D eigenvalue weighted by Gasteiger charge is 2.50. The Morgan fingerprint density at radius 1 is 1.19 bits per heavy atom. The number of thiophene rings is 1. The molecule has 2 aliphatic heterocycles. The van der Waals surface area contributed by atoms with Crippen LogP contribution in [-0.2, 0) is 29.0 Å². The van der Waals surface area contributed by atoms with E-state index in [1.165, 1.54) is 16.2 Å². The Morgan fingerprint density at radius 3 is 2.61 bits per heavy atom. The maximum absolute atomic E-state index is 13.8. The molecule has 2 unspecified atom stereocenters. The Balaban J connectivity index is 1.56. The number of carbonyl (C=O) groups is 2. The average Bonchev–Trinajstić information content (AvgIpc) is 3.28. The number of nitrogens with one attached hydrogen (secondary N) is 1. The normalized spacial score (nSPS) is 24.1. The fourth-order valence-corrected chi connectivity index (χ4v) is 8.46. The fraction of sp³-hybridized carbons (Fsp3) is 0.500. The molecule has 3 heterocycles. The van der Waals surface area contributed by atoms with Crippen molar-refractivity contribution < 1.29 is 32.3 Å². The van der Waals surface area contributed by atoms with Crippen molar-refractivity contribution in [1.82, 2.24) is 10.4 Å². The first kappa shape index (κ1) is 27.1. The third-order valence-corrected chi connectivity index (χ3v) is 11.0. The molecule has 36 heavy (non-hydrogen) atoms. The van der Waals surface area contributed by atoms with Gasteiger partial charge in [-0.05, 0) is 71.6 Å². The van der Waals surface area contributed by atoms with Gasteiger partial charge in [-0.25, -0.2) is 18.7 Å². The van der Waals surface area contributed by atoms with Gasteiger partial charge >= 0.3 is 0 Å². The van der Waals surface area contributed by atoms with E-state index in [0.717, 1.165) is 16.6 Å². The van der Waals surface area contributed by atoms with E-state index in [9.17, 15) is 18.0 Å². The average molecular weight is 602 g/mol. The van der Waals surface area contributed by atoms with Crippen LogP contribution in [-0.4, -0.2) is 64.0 Å². The van der Waals surface area contributed by atoms with Gasteiger partial charge in [0.1, 0.15) is 10.5 Å². The summed E-state index contributed by atoms with van der Waals surface area (Å²) in [6, 6.07) is 10.2. The van der Waals surface area contributed by atoms with E-state index in [2.05, 4.69) is 21.4 Å². The number of nitrogens with zero attached hydrogens (tertiary/aromatic N) is 1. The summed E-state index contributed by atoms with van der Waals surface area (Å²) < 4.78 is 37.4. The Labute approximate surface area is 223 Å². The summed E-state index contributed by atoms with van der Waals surface area (Å²) in [7, 11) is -2.29. The smallest absolute Gasteiger partial charge is 0.253 e. The van der Waals surface area contributed by atoms with Gasteiger partial charge in [0.25, 0.3) is 5.91 Å². The van der Waals surface area contributed by atoms with E-state index in [-0.39, 0.29) is 37.6 Å². The van der Waals surface area contributed by atoms with Gasteiger partial charge in [-0.2, -0.15) is 0 Å². The minimum Gasteiger partial charge on any atom is -0.497 e. The number of sulfone groups is 1. The Kier molecular flexibility index (Phi) is 8.71. The molecule has 0 radical (unpaired) electrons. The first-order valence-electron chi connectivity index (χ1n) is 11.7. The molecule has 2 aliphatic rings. The van der Waals surface area contributed by atoms with Crippen molar-refractivity contribution in [2.24, 2.45) is 0 Å². The van der Waals surface area contributed by atoms with Crippen LogP contribution in [0.2, 0.25) is 0 Å². The van der Waals surface area contributed by atoms with Crippen molar-refractivity contribution in [1.29, 1.82) is 0 Å². The SMILES string of the molecule is COc1ccc(C(=O)N2CCC(CC(=O)NOC3CCCCO3)(c3ccc(Br)s3)S(=O)(=O)CC2)cc1. The zero-order chi connectivity index (χ0) is 25.8. The van der Waals surface area contributed by atoms with Crippen LogP contribution in [0.3, 0.4) is 0 Å². The number of hydroxylamine groups is 1. The summed E-state index contributed by atoms with van der Waals surface area (Å²) in [6.07, 6.45) is 1.74. The highest BCUT2D eigenvalue weighted by atomic mass is 79.9. The van der Waals surface area contributed by atoms with E-state index in [1.807, 2.05) is 0 Å². The standard InChI is InChI=1S/C24H29BrN2O7S2/c1-32-18-7-5-17(6-8-18)23(29)27-12-11-24(36(30,31)15-13-27,19-9-10-20(25)35-19)16-21(28)26-34-22-4-2-3-14-33-22/h5-10,22H,2-4,11-16H2,1H3,(H,26,28). The van der Waals surface area contributed by atoms with E-state index in [1.54, 1.807) is 43.5 Å². The molecule has 2 saturated heterocycles. The van der Waals surface area contributed by atoms with Crippen LogP contribution in [0.15, 0.2) is 40.2 Å². The van der Waals surface area contributed by atoms with E-state index >= 15 is 0 Å². The van der Waals surface area contributed by atoms with Crippen LogP contribution in [0.25, 0.3) is 0 Å². The number of amides is 2. The molecule has 0 saturated carbocycles. The van der Waals surface area contributed by atoms with Gasteiger partial charge in [0, 0.05) is 36.6 Å². The molecular formula is C24H29BrN2O7S2. The molecule has 2 amide bonds. The summed E-state index contributed by atoms with van der Waals surface area (Å²) >= 11 is 4.69. The van der Waals surface area contributed by atoms with Crippen molar-refractivity contribution in [2.75, 3.05) is 32.6 Å². The first-order chi connectivity index (χ1) is 17.2. The highest BCUT2D eigenvalue weighted by molar-refractivity contribution is 9.11. The first-order valence-corrected chi connectivity index (χ1v) is 15.0. The van der Waals surface area contributed by atoms with Gasteiger partial charge in [-0.3, -0.25) is 9.59 Å². The molecule has 9 nitrogen and oxygen atoms in total. The Morgan fingerprint density at radius 2 is 1.97 bits per heavy atom. The van der Waals surface area contributed by atoms with Crippen LogP contribution in [0.1, 0.15) is 47.3 Å². The molecule has 2 atom stereocenters. The molecule has 196 valence electrons. The van der Waals surface area contributed by atoms with Gasteiger partial charge in [-0.1, -0.05) is 0 Å². The monoisotopic (exact) mass is 600 g/mol. The fourth-order valence-electron chi connectivity index (χ4n) is 4.48. The lowest BCUT2D eigenvalue weighted by molar-refractivity contribution is -0.200. The number of carbonyl (C=O) groups excluding carboxylic acids is 2. The highest BCUT2D eigenvalue weighted by Crippen LogP contribution is 2.44. The van der Waals surface area contributed by atoms with E-state index in [4.69, 9.17) is 14.3 Å². The van der Waals surface area contributed by atoms with Crippen LogP contribution in [0.4, 0.5) is 0 Å². The molecular weight excluding hydrogens is 572 g/mol. The number of hydrogen-bond acceptors (Lipinski definition) is 8. The van der Waals surface area contributed by atoms with Gasteiger partial charge in [0.05, 0.1) is 23.1 Å². The second-order valence-electron chi connectivity index (χ2n) is 8.80. The second kappa shape index (κ2) is 11.6. The lowest BCUT2D eigenvalue weighted by atomic mass is 9.97. The molecule has 4 rings (SSSR count). The molecule has 0 bridgehead atoms. The van der Waals surface area contributed by atoms with Crippen molar-refractivity contribution in [3.8, 4) is 5.75 Å². The predicted molar refractivity (Wildman–Crippen MR) is 138 cm³/mol. The Bertz CT molecular complexity index is 1180. The van der Waals surface area contributed by atoms with Crippen molar-refractivity contribution in [2.45, 2.75) is 43.1 Å². The van der Waals surface area contributed by atoms with Crippen LogP contribution in [0.5, 0.6) is 5.75 Å². The number of hydrogen-bond donors (Lipinski definition) is 1. The summed E-state index contributed by atoms with van der Waals surface area (Å²) in [6.45, 7) is 0.773. The summed E-state index contributed by atoms with van der Waals surface area (Å²) in [5.74, 6) is -0.450. The summed E-state index contributed by atoms with van der Waals surface area (Å²) in [4.78, 5) is 33.7. The molecule has 0 aliphatic carbocycles. The van der Waals surface area contributed by atoms with Crippen LogP contribution >= 0.6 is 27.3 Å². The number of methoxy groups -OCH3 is 1. The van der Waals surface area contributed by atoms with Crippen molar-refractivity contribution in [3.05, 3.63) is 50.6 Å².